The van der Waals surface area contributed by atoms with Gasteiger partial charge in [0.15, 0.2) is 11.5 Å². The summed E-state index contributed by atoms with van der Waals surface area (Å²) in [6.07, 6.45) is 3.25. The van der Waals surface area contributed by atoms with Gasteiger partial charge in [0.1, 0.15) is 22.8 Å². The Morgan fingerprint density at radius 1 is 1.00 bits per heavy atom. The first-order valence-corrected chi connectivity index (χ1v) is 12.8. The molecule has 0 amide bonds. The molecule has 0 saturated carbocycles. The van der Waals surface area contributed by atoms with Gasteiger partial charge in [-0.05, 0) is 77.3 Å². The number of Topliss-reactive ketones (excluding diaryl/α,β-unsaturated/α-hetero) is 1. The predicted molar refractivity (Wildman–Crippen MR) is 150 cm³/mol. The molecule has 7 nitrogen and oxygen atoms in total. The first kappa shape index (κ1) is 26.2. The zero-order valence-electron chi connectivity index (χ0n) is 21.4. The highest BCUT2D eigenvalue weighted by Crippen LogP contribution is 2.30. The van der Waals surface area contributed by atoms with Gasteiger partial charge in [-0.3, -0.25) is 19.1 Å². The average molecular weight is 588 g/mol. The fraction of sp³-hybridized carbons (Fsp3) is 0.133. The second kappa shape index (κ2) is 10.8. The molecular weight excluding hydrogens is 565 g/mol. The van der Waals surface area contributed by atoms with E-state index in [1.165, 1.54) is 28.8 Å². The van der Waals surface area contributed by atoms with Crippen molar-refractivity contribution in [3.63, 3.8) is 0 Å². The third-order valence-corrected chi connectivity index (χ3v) is 7.57. The van der Waals surface area contributed by atoms with Gasteiger partial charge in [0.05, 0.1) is 24.4 Å². The van der Waals surface area contributed by atoms with Crippen molar-refractivity contribution in [2.75, 3.05) is 7.11 Å². The highest BCUT2D eigenvalue weighted by molar-refractivity contribution is 9.10. The third-order valence-electron chi connectivity index (χ3n) is 6.40. The summed E-state index contributed by atoms with van der Waals surface area (Å²) >= 11 is 3.53. The van der Waals surface area contributed by atoms with Gasteiger partial charge in [0, 0.05) is 40.6 Å². The van der Waals surface area contributed by atoms with E-state index in [2.05, 4.69) is 25.9 Å². The molecule has 0 aliphatic carbocycles. The molecule has 0 radical (unpaired) electrons. The van der Waals surface area contributed by atoms with Crippen LogP contribution in [0.2, 0.25) is 0 Å². The van der Waals surface area contributed by atoms with Gasteiger partial charge in [-0.2, -0.15) is 0 Å². The molecule has 2 aromatic carbocycles. The van der Waals surface area contributed by atoms with E-state index in [9.17, 15) is 14.0 Å². The number of pyridine rings is 3. The fourth-order valence-corrected chi connectivity index (χ4v) is 4.77. The van der Waals surface area contributed by atoms with Gasteiger partial charge in [0.2, 0.25) is 0 Å². The Labute approximate surface area is 232 Å². The number of methoxy groups -OCH3 is 1. The summed E-state index contributed by atoms with van der Waals surface area (Å²) in [5.74, 6) is 0.965. The lowest BCUT2D eigenvalue weighted by molar-refractivity contribution is 0.0990. The normalized spacial score (nSPS) is 11.0. The molecule has 196 valence electrons. The van der Waals surface area contributed by atoms with Gasteiger partial charge in [-0.25, -0.2) is 9.37 Å². The standard InChI is InChI=1S/C30H23BrFN3O4/c1-17-27(30(37)35(18(2)28(17)31)21-8-6-20(32)7-9-21)25(36)14-19-4-10-22(11-5-19)39-26-12-13-33-24-15-23(38-3)16-34-29(24)26/h4-13,15-16H,14H2,1-3H3. The van der Waals surface area contributed by atoms with Crippen molar-refractivity contribution in [1.82, 2.24) is 14.5 Å². The van der Waals surface area contributed by atoms with Gasteiger partial charge in [-0.15, -0.1) is 0 Å². The Hall–Kier alpha value is -4.37. The van der Waals surface area contributed by atoms with Crippen LogP contribution in [0.1, 0.15) is 27.2 Å². The second-order valence-electron chi connectivity index (χ2n) is 8.91. The van der Waals surface area contributed by atoms with E-state index in [0.717, 1.165) is 5.56 Å². The Balaban J connectivity index is 1.40. The Morgan fingerprint density at radius 2 is 1.72 bits per heavy atom. The van der Waals surface area contributed by atoms with E-state index in [0.29, 0.717) is 49.7 Å². The van der Waals surface area contributed by atoms with Crippen LogP contribution in [-0.4, -0.2) is 27.4 Å². The molecule has 0 bridgehead atoms. The molecule has 39 heavy (non-hydrogen) atoms. The van der Waals surface area contributed by atoms with Crippen LogP contribution < -0.4 is 15.0 Å². The number of hydrogen-bond donors (Lipinski definition) is 0. The average Bonchev–Trinajstić information content (AvgIpc) is 2.94. The number of carbonyl (C=O) groups is 1. The van der Waals surface area contributed by atoms with Crippen LogP contribution in [0.3, 0.4) is 0 Å². The summed E-state index contributed by atoms with van der Waals surface area (Å²) in [4.78, 5) is 35.6. The zero-order valence-corrected chi connectivity index (χ0v) is 23.0. The van der Waals surface area contributed by atoms with Crippen molar-refractivity contribution in [3.05, 3.63) is 116 Å². The van der Waals surface area contributed by atoms with E-state index in [-0.39, 0.29) is 17.8 Å². The third kappa shape index (κ3) is 5.18. The summed E-state index contributed by atoms with van der Waals surface area (Å²) in [5, 5.41) is 0. The fourth-order valence-electron chi connectivity index (χ4n) is 4.39. The lowest BCUT2D eigenvalue weighted by atomic mass is 9.99. The van der Waals surface area contributed by atoms with E-state index >= 15 is 0 Å². The minimum absolute atomic E-state index is 0.0226. The van der Waals surface area contributed by atoms with Crippen LogP contribution in [0.5, 0.6) is 17.2 Å². The molecule has 0 saturated heterocycles. The quantitative estimate of drug-likeness (QED) is 0.201. The molecule has 3 aromatic heterocycles. The van der Waals surface area contributed by atoms with Crippen LogP contribution in [0, 0.1) is 19.7 Å². The maximum absolute atomic E-state index is 13.5. The number of rotatable bonds is 7. The maximum atomic E-state index is 13.5. The second-order valence-corrected chi connectivity index (χ2v) is 9.71. The van der Waals surface area contributed by atoms with E-state index in [1.54, 1.807) is 69.7 Å². The van der Waals surface area contributed by atoms with Gasteiger partial charge < -0.3 is 9.47 Å². The largest absolute Gasteiger partial charge is 0.495 e. The molecule has 0 N–H and O–H groups in total. The number of halogens is 2. The first-order valence-electron chi connectivity index (χ1n) is 12.0. The van der Waals surface area contributed by atoms with Crippen molar-refractivity contribution >= 4 is 32.7 Å². The molecule has 5 aromatic rings. The molecule has 0 spiro atoms. The van der Waals surface area contributed by atoms with Crippen molar-refractivity contribution in [2.24, 2.45) is 0 Å². The van der Waals surface area contributed by atoms with Crippen LogP contribution in [0.4, 0.5) is 4.39 Å². The highest BCUT2D eigenvalue weighted by atomic mass is 79.9. The lowest BCUT2D eigenvalue weighted by Gasteiger charge is -2.17. The molecule has 0 unspecified atom stereocenters. The number of aromatic nitrogens is 3. The van der Waals surface area contributed by atoms with Crippen LogP contribution in [0.15, 0.2) is 82.3 Å². The molecule has 0 aliphatic rings. The maximum Gasteiger partial charge on any atom is 0.266 e. The predicted octanol–water partition coefficient (Wildman–Crippen LogP) is 6.53. The lowest BCUT2D eigenvalue weighted by Crippen LogP contribution is -2.29. The Morgan fingerprint density at radius 3 is 2.41 bits per heavy atom. The van der Waals surface area contributed by atoms with Gasteiger partial charge in [0.25, 0.3) is 5.56 Å². The summed E-state index contributed by atoms with van der Waals surface area (Å²) in [6, 6.07) is 16.2. The van der Waals surface area contributed by atoms with Crippen LogP contribution in [-0.2, 0) is 6.42 Å². The van der Waals surface area contributed by atoms with Gasteiger partial charge in [-0.1, -0.05) is 12.1 Å². The summed E-state index contributed by atoms with van der Waals surface area (Å²) in [6.45, 7) is 3.51. The topological polar surface area (TPSA) is 83.3 Å². The molecule has 3 heterocycles. The molecule has 5 rings (SSSR count). The number of ketones is 1. The van der Waals surface area contributed by atoms with Crippen molar-refractivity contribution in [1.29, 1.82) is 0 Å². The van der Waals surface area contributed by atoms with E-state index in [4.69, 9.17) is 9.47 Å². The number of hydrogen-bond acceptors (Lipinski definition) is 6. The van der Waals surface area contributed by atoms with Gasteiger partial charge >= 0.3 is 0 Å². The number of carbonyl (C=O) groups excluding carboxylic acids is 1. The summed E-state index contributed by atoms with van der Waals surface area (Å²) in [5.41, 5.74) is 3.26. The minimum atomic E-state index is -0.446. The number of ether oxygens (including phenoxy) is 2. The van der Waals surface area contributed by atoms with Crippen LogP contribution in [0.25, 0.3) is 16.7 Å². The SMILES string of the molecule is COc1cnc2c(Oc3ccc(CC(=O)c4c(C)c(Br)c(C)n(-c5ccc(F)cc5)c4=O)cc3)ccnc2c1. The molecule has 0 atom stereocenters. The molecule has 9 heteroatoms. The van der Waals surface area contributed by atoms with E-state index < -0.39 is 11.4 Å². The molecule has 0 fully saturated rings. The van der Waals surface area contributed by atoms with Crippen molar-refractivity contribution in [2.45, 2.75) is 20.3 Å². The smallest absolute Gasteiger partial charge is 0.266 e. The molecule has 0 aliphatic heterocycles. The Bertz CT molecular complexity index is 1770. The number of benzene rings is 2. The first-order chi connectivity index (χ1) is 18.8. The number of fused-ring (bicyclic) bond motifs is 1. The zero-order chi connectivity index (χ0) is 27.7. The summed E-state index contributed by atoms with van der Waals surface area (Å²) in [7, 11) is 1.57. The summed E-state index contributed by atoms with van der Waals surface area (Å²) < 4.78 is 26.8. The number of nitrogens with zero attached hydrogens (tertiary/aromatic N) is 3. The van der Waals surface area contributed by atoms with E-state index in [1.807, 2.05) is 0 Å². The molecular formula is C30H23BrFN3O4. The minimum Gasteiger partial charge on any atom is -0.495 e. The highest BCUT2D eigenvalue weighted by Gasteiger charge is 2.22. The van der Waals surface area contributed by atoms with Crippen molar-refractivity contribution in [3.8, 4) is 22.9 Å². The monoisotopic (exact) mass is 587 g/mol. The van der Waals surface area contributed by atoms with Crippen molar-refractivity contribution < 1.29 is 18.7 Å². The Kier molecular flexibility index (Phi) is 7.26. The van der Waals surface area contributed by atoms with Crippen LogP contribution >= 0.6 is 15.9 Å².